The zero-order valence-corrected chi connectivity index (χ0v) is 13.1. The van der Waals surface area contributed by atoms with Crippen molar-refractivity contribution in [2.45, 2.75) is 37.6 Å². The highest BCUT2D eigenvalue weighted by atomic mass is 35.7. The predicted octanol–water partition coefficient (Wildman–Crippen LogP) is 2.43. The molecule has 0 spiro atoms. The maximum absolute atomic E-state index is 11.6. The monoisotopic (exact) mass is 319 g/mol. The molecule has 7 heteroatoms. The first-order valence-electron chi connectivity index (χ1n) is 6.26. The van der Waals surface area contributed by atoms with E-state index in [2.05, 4.69) is 5.32 Å². The molecule has 1 aromatic carbocycles. The first kappa shape index (κ1) is 16.8. The Hall–Kier alpha value is -1.27. The number of rotatable bonds is 7. The molecule has 5 nitrogen and oxygen atoms in total. The Morgan fingerprint density at radius 2 is 2.10 bits per heavy atom. The molecule has 1 amide bonds. The minimum absolute atomic E-state index is 0.0160. The van der Waals surface area contributed by atoms with Crippen LogP contribution in [0.2, 0.25) is 0 Å². The highest BCUT2D eigenvalue weighted by Crippen LogP contribution is 2.24. The largest absolute Gasteiger partial charge is 0.496 e. The second kappa shape index (κ2) is 7.50. The summed E-state index contributed by atoms with van der Waals surface area (Å²) in [6, 6.07) is 4.29. The first-order valence-corrected chi connectivity index (χ1v) is 8.57. The van der Waals surface area contributed by atoms with E-state index >= 15 is 0 Å². The quantitative estimate of drug-likeness (QED) is 0.783. The predicted molar refractivity (Wildman–Crippen MR) is 77.4 cm³/mol. The Bertz CT molecular complexity index is 572. The molecular formula is C13H18ClNO4S. The van der Waals surface area contributed by atoms with Crippen molar-refractivity contribution in [3.8, 4) is 5.75 Å². The van der Waals surface area contributed by atoms with Crippen molar-refractivity contribution in [1.82, 2.24) is 5.32 Å². The van der Waals surface area contributed by atoms with Crippen molar-refractivity contribution in [1.29, 1.82) is 0 Å². The number of benzene rings is 1. The second-order valence-corrected chi connectivity index (χ2v) is 6.86. The highest BCUT2D eigenvalue weighted by molar-refractivity contribution is 8.13. The summed E-state index contributed by atoms with van der Waals surface area (Å²) < 4.78 is 27.7. The van der Waals surface area contributed by atoms with Gasteiger partial charge < -0.3 is 10.1 Å². The minimum atomic E-state index is -3.80. The minimum Gasteiger partial charge on any atom is -0.496 e. The van der Waals surface area contributed by atoms with Crippen LogP contribution in [-0.4, -0.2) is 21.4 Å². The highest BCUT2D eigenvalue weighted by Gasteiger charge is 2.14. The normalized spacial score (nSPS) is 11.2. The summed E-state index contributed by atoms with van der Waals surface area (Å²) in [5.74, 6) is 0.429. The summed E-state index contributed by atoms with van der Waals surface area (Å²) in [7, 11) is 2.98. The van der Waals surface area contributed by atoms with E-state index in [4.69, 9.17) is 15.4 Å². The van der Waals surface area contributed by atoms with Crippen molar-refractivity contribution in [3.05, 3.63) is 23.8 Å². The standard InChI is InChI=1S/C13H18ClNO4S/c1-3-4-5-13(16)15-9-10-8-11(20(14,17)18)6-7-12(10)19-2/h6-8H,3-5,9H2,1-2H3,(H,15,16). The average Bonchev–Trinajstić information content (AvgIpc) is 2.41. The van der Waals surface area contributed by atoms with Gasteiger partial charge in [0.05, 0.1) is 12.0 Å². The number of methoxy groups -OCH3 is 1. The van der Waals surface area contributed by atoms with Gasteiger partial charge in [-0.15, -0.1) is 0 Å². The molecule has 0 heterocycles. The lowest BCUT2D eigenvalue weighted by molar-refractivity contribution is -0.121. The molecule has 0 aliphatic carbocycles. The van der Waals surface area contributed by atoms with Gasteiger partial charge in [-0.1, -0.05) is 13.3 Å². The number of carbonyl (C=O) groups excluding carboxylic acids is 1. The van der Waals surface area contributed by atoms with Gasteiger partial charge in [0.25, 0.3) is 9.05 Å². The number of amides is 1. The molecule has 1 rings (SSSR count). The molecule has 112 valence electrons. The van der Waals surface area contributed by atoms with Gasteiger partial charge in [0, 0.05) is 29.2 Å². The van der Waals surface area contributed by atoms with Crippen molar-refractivity contribution < 1.29 is 17.9 Å². The molecule has 1 N–H and O–H groups in total. The fraction of sp³-hybridized carbons (Fsp3) is 0.462. The molecule has 0 atom stereocenters. The van der Waals surface area contributed by atoms with Crippen molar-refractivity contribution in [2.75, 3.05) is 7.11 Å². The lowest BCUT2D eigenvalue weighted by Crippen LogP contribution is -2.22. The van der Waals surface area contributed by atoms with E-state index in [9.17, 15) is 13.2 Å². The van der Waals surface area contributed by atoms with Crippen LogP contribution in [0, 0.1) is 0 Å². The van der Waals surface area contributed by atoms with Crippen LogP contribution in [0.3, 0.4) is 0 Å². The Balaban J connectivity index is 2.84. The Labute approximate surface area is 123 Å². The van der Waals surface area contributed by atoms with E-state index in [0.29, 0.717) is 17.7 Å². The zero-order chi connectivity index (χ0) is 15.2. The van der Waals surface area contributed by atoms with Crippen LogP contribution < -0.4 is 10.1 Å². The van der Waals surface area contributed by atoms with E-state index in [1.165, 1.54) is 25.3 Å². The molecule has 0 bridgehead atoms. The molecule has 0 fully saturated rings. The van der Waals surface area contributed by atoms with Gasteiger partial charge in [-0.05, 0) is 24.6 Å². The van der Waals surface area contributed by atoms with Crippen LogP contribution in [0.15, 0.2) is 23.1 Å². The molecule has 0 radical (unpaired) electrons. The lowest BCUT2D eigenvalue weighted by atomic mass is 10.2. The number of halogens is 1. The van der Waals surface area contributed by atoms with Crippen molar-refractivity contribution in [3.63, 3.8) is 0 Å². The summed E-state index contributed by atoms with van der Waals surface area (Å²) in [6.07, 6.45) is 2.21. The summed E-state index contributed by atoms with van der Waals surface area (Å²) in [5, 5.41) is 2.73. The smallest absolute Gasteiger partial charge is 0.261 e. The molecule has 1 aromatic rings. The fourth-order valence-corrected chi connectivity index (χ4v) is 2.47. The molecule has 0 saturated heterocycles. The van der Waals surface area contributed by atoms with Crippen LogP contribution in [-0.2, 0) is 20.4 Å². The number of hydrogen-bond acceptors (Lipinski definition) is 4. The second-order valence-electron chi connectivity index (χ2n) is 4.29. The van der Waals surface area contributed by atoms with Crippen LogP contribution in [0.25, 0.3) is 0 Å². The van der Waals surface area contributed by atoms with Gasteiger partial charge in [0.1, 0.15) is 5.75 Å². The van der Waals surface area contributed by atoms with Gasteiger partial charge in [0.15, 0.2) is 0 Å². The lowest BCUT2D eigenvalue weighted by Gasteiger charge is -2.11. The van der Waals surface area contributed by atoms with Gasteiger partial charge in [-0.3, -0.25) is 4.79 Å². The third-order valence-corrected chi connectivity index (χ3v) is 4.12. The Morgan fingerprint density at radius 1 is 1.40 bits per heavy atom. The van der Waals surface area contributed by atoms with Gasteiger partial charge >= 0.3 is 0 Å². The van der Waals surface area contributed by atoms with E-state index in [1.54, 1.807) is 0 Å². The molecule has 0 aromatic heterocycles. The molecule has 0 unspecified atom stereocenters. The fourth-order valence-electron chi connectivity index (χ4n) is 1.66. The third-order valence-electron chi connectivity index (χ3n) is 2.77. The Morgan fingerprint density at radius 3 is 2.65 bits per heavy atom. The number of ether oxygens (including phenoxy) is 1. The van der Waals surface area contributed by atoms with Crippen LogP contribution in [0.5, 0.6) is 5.75 Å². The molecule has 0 saturated carbocycles. The summed E-state index contributed by atoms with van der Waals surface area (Å²) in [6.45, 7) is 2.21. The van der Waals surface area contributed by atoms with Crippen LogP contribution >= 0.6 is 10.7 Å². The summed E-state index contributed by atoms with van der Waals surface area (Å²) in [5.41, 5.74) is 0.569. The van der Waals surface area contributed by atoms with Crippen LogP contribution in [0.4, 0.5) is 0 Å². The van der Waals surface area contributed by atoms with E-state index in [1.807, 2.05) is 6.92 Å². The SMILES string of the molecule is CCCCC(=O)NCc1cc(S(=O)(=O)Cl)ccc1OC. The van der Waals surface area contributed by atoms with E-state index < -0.39 is 9.05 Å². The van der Waals surface area contributed by atoms with E-state index in [-0.39, 0.29) is 17.3 Å². The Kier molecular flexibility index (Phi) is 6.29. The molecule has 0 aliphatic rings. The summed E-state index contributed by atoms with van der Waals surface area (Å²) >= 11 is 0. The van der Waals surface area contributed by atoms with Gasteiger partial charge in [-0.2, -0.15) is 0 Å². The van der Waals surface area contributed by atoms with Crippen molar-refractivity contribution in [2.24, 2.45) is 0 Å². The maximum atomic E-state index is 11.6. The topological polar surface area (TPSA) is 72.5 Å². The first-order chi connectivity index (χ1) is 9.38. The number of nitrogens with one attached hydrogen (secondary N) is 1. The van der Waals surface area contributed by atoms with Gasteiger partial charge in [-0.25, -0.2) is 8.42 Å². The van der Waals surface area contributed by atoms with Gasteiger partial charge in [0.2, 0.25) is 5.91 Å². The molecule has 0 aliphatic heterocycles. The number of unbranched alkanes of at least 4 members (excludes halogenated alkanes) is 1. The number of hydrogen-bond donors (Lipinski definition) is 1. The average molecular weight is 320 g/mol. The molecule has 20 heavy (non-hydrogen) atoms. The molecular weight excluding hydrogens is 302 g/mol. The van der Waals surface area contributed by atoms with Crippen molar-refractivity contribution >= 4 is 25.6 Å². The number of carbonyl (C=O) groups is 1. The van der Waals surface area contributed by atoms with Crippen LogP contribution in [0.1, 0.15) is 31.7 Å². The summed E-state index contributed by atoms with van der Waals surface area (Å²) in [4.78, 5) is 11.5. The maximum Gasteiger partial charge on any atom is 0.261 e. The third kappa shape index (κ3) is 5.02. The zero-order valence-electron chi connectivity index (χ0n) is 11.5. The van der Waals surface area contributed by atoms with E-state index in [0.717, 1.165) is 12.8 Å².